The van der Waals surface area contributed by atoms with Crippen molar-refractivity contribution in [3.8, 4) is 16.9 Å². The van der Waals surface area contributed by atoms with Gasteiger partial charge in [0.1, 0.15) is 29.3 Å². The summed E-state index contributed by atoms with van der Waals surface area (Å²) in [5, 5.41) is 6.89. The van der Waals surface area contributed by atoms with E-state index >= 15 is 0 Å². The molecule has 1 fully saturated rings. The molecule has 34 heavy (non-hydrogen) atoms. The maximum absolute atomic E-state index is 13.9. The molecule has 1 N–H and O–H groups in total. The minimum Gasteiger partial charge on any atom is -0.490 e. The second-order valence-electron chi connectivity index (χ2n) is 10.1. The lowest BCUT2D eigenvalue weighted by molar-refractivity contribution is -0.136. The van der Waals surface area contributed by atoms with Gasteiger partial charge in [-0.3, -0.25) is 9.48 Å². The zero-order valence-electron chi connectivity index (χ0n) is 20.8. The second kappa shape index (κ2) is 10.4. The van der Waals surface area contributed by atoms with Gasteiger partial charge in [-0.05, 0) is 44.9 Å². The molecule has 186 valence electrons. The summed E-state index contributed by atoms with van der Waals surface area (Å²) in [6.45, 7) is 10.1. The minimum absolute atomic E-state index is 0.0877. The predicted molar refractivity (Wildman–Crippen MR) is 127 cm³/mol. The number of carbonyl (C=O) groups excluding carboxylic acids is 2. The fraction of sp³-hybridized carbons (Fsp3) is 0.560. The zero-order chi connectivity index (χ0) is 25.0. The van der Waals surface area contributed by atoms with E-state index in [2.05, 4.69) is 10.4 Å². The van der Waals surface area contributed by atoms with E-state index < -0.39 is 17.7 Å². The Hall–Kier alpha value is -3.10. The van der Waals surface area contributed by atoms with Gasteiger partial charge in [0.2, 0.25) is 5.91 Å². The molecule has 1 aromatic heterocycles. The highest BCUT2D eigenvalue weighted by atomic mass is 19.1. The first-order valence-corrected chi connectivity index (χ1v) is 11.7. The van der Waals surface area contributed by atoms with Crippen molar-refractivity contribution in [1.82, 2.24) is 20.0 Å². The van der Waals surface area contributed by atoms with Crippen LogP contribution in [0.15, 0.2) is 30.6 Å². The van der Waals surface area contributed by atoms with E-state index in [4.69, 9.17) is 9.47 Å². The summed E-state index contributed by atoms with van der Waals surface area (Å²) in [4.78, 5) is 27.1. The van der Waals surface area contributed by atoms with Crippen LogP contribution in [0, 0.1) is 11.7 Å². The number of nitrogens with zero attached hydrogens (tertiary/aromatic N) is 3. The van der Waals surface area contributed by atoms with Crippen LogP contribution in [0.1, 0.15) is 47.5 Å². The summed E-state index contributed by atoms with van der Waals surface area (Å²) in [6.07, 6.45) is 4.04. The lowest BCUT2D eigenvalue weighted by Gasteiger charge is -2.35. The van der Waals surface area contributed by atoms with E-state index in [1.807, 2.05) is 20.0 Å². The molecule has 0 aliphatic carbocycles. The van der Waals surface area contributed by atoms with Gasteiger partial charge in [0, 0.05) is 50.3 Å². The number of likely N-dealkylation sites (tertiary alicyclic amines) is 1. The number of hydrogen-bond acceptors (Lipinski definition) is 5. The van der Waals surface area contributed by atoms with Gasteiger partial charge in [-0.15, -0.1) is 0 Å². The number of halogens is 1. The molecule has 9 heteroatoms. The summed E-state index contributed by atoms with van der Waals surface area (Å²) in [5.74, 6) is 0.0297. The van der Waals surface area contributed by atoms with E-state index in [0.717, 1.165) is 5.56 Å². The first kappa shape index (κ1) is 25.5. The molecule has 0 radical (unpaired) electrons. The van der Waals surface area contributed by atoms with Gasteiger partial charge in [0.15, 0.2) is 0 Å². The van der Waals surface area contributed by atoms with Gasteiger partial charge >= 0.3 is 6.09 Å². The average molecular weight is 475 g/mol. The summed E-state index contributed by atoms with van der Waals surface area (Å²) < 4.78 is 27.1. The van der Waals surface area contributed by atoms with Crippen molar-refractivity contribution in [2.45, 2.75) is 65.2 Å². The molecule has 0 unspecified atom stereocenters. The second-order valence-corrected chi connectivity index (χ2v) is 10.1. The molecule has 2 amide bonds. The topological polar surface area (TPSA) is 85.7 Å². The highest BCUT2D eigenvalue weighted by molar-refractivity contribution is 5.86. The molecule has 1 atom stereocenters. The van der Waals surface area contributed by atoms with Crippen molar-refractivity contribution in [2.75, 3.05) is 13.1 Å². The summed E-state index contributed by atoms with van der Waals surface area (Å²) in [5.41, 5.74) is 0.782. The van der Waals surface area contributed by atoms with Crippen molar-refractivity contribution in [3.63, 3.8) is 0 Å². The van der Waals surface area contributed by atoms with Crippen LogP contribution in [-0.2, 0) is 16.6 Å². The Morgan fingerprint density at radius 1 is 1.21 bits per heavy atom. The molecule has 1 saturated heterocycles. The van der Waals surface area contributed by atoms with Gasteiger partial charge in [0.25, 0.3) is 0 Å². The van der Waals surface area contributed by atoms with Crippen LogP contribution in [0.2, 0.25) is 0 Å². The molecule has 0 bridgehead atoms. The molecule has 0 spiro atoms. The van der Waals surface area contributed by atoms with E-state index in [1.54, 1.807) is 49.7 Å². The largest absolute Gasteiger partial charge is 0.490 e. The number of nitrogens with one attached hydrogen (secondary N) is 1. The Morgan fingerprint density at radius 3 is 2.44 bits per heavy atom. The Morgan fingerprint density at radius 2 is 1.88 bits per heavy atom. The highest BCUT2D eigenvalue weighted by Gasteiger charge is 2.33. The molecule has 0 saturated carbocycles. The van der Waals surface area contributed by atoms with Crippen LogP contribution in [0.5, 0.6) is 5.75 Å². The van der Waals surface area contributed by atoms with E-state index in [1.165, 1.54) is 12.1 Å². The molecule has 2 heterocycles. The van der Waals surface area contributed by atoms with E-state index in [9.17, 15) is 14.0 Å². The minimum atomic E-state index is -0.665. The number of amides is 2. The number of alkyl carbamates (subject to hydrolysis) is 1. The Labute approximate surface area is 200 Å². The Bertz CT molecular complexity index is 1010. The SMILES string of the molecule is CC(C)[C@H](NC(=O)OC(C)(C)C)C(=O)N1CCC(Oc2ccc(F)cc2-c2cnn(C)c2)CC1. The fourth-order valence-electron chi connectivity index (χ4n) is 3.91. The van der Waals surface area contributed by atoms with Crippen molar-refractivity contribution >= 4 is 12.0 Å². The van der Waals surface area contributed by atoms with Gasteiger partial charge in [0.05, 0.1) is 6.20 Å². The molecule has 3 rings (SSSR count). The molecule has 8 nitrogen and oxygen atoms in total. The van der Waals surface area contributed by atoms with Crippen LogP contribution in [0.3, 0.4) is 0 Å². The van der Waals surface area contributed by atoms with Crippen molar-refractivity contribution in [3.05, 3.63) is 36.4 Å². The highest BCUT2D eigenvalue weighted by Crippen LogP contribution is 2.32. The van der Waals surface area contributed by atoms with Crippen LogP contribution >= 0.6 is 0 Å². The van der Waals surface area contributed by atoms with Crippen molar-refractivity contribution < 1.29 is 23.5 Å². The molecular formula is C25H35FN4O4. The van der Waals surface area contributed by atoms with E-state index in [-0.39, 0.29) is 23.7 Å². The predicted octanol–water partition coefficient (Wildman–Crippen LogP) is 4.15. The van der Waals surface area contributed by atoms with Gasteiger partial charge in [-0.25, -0.2) is 9.18 Å². The van der Waals surface area contributed by atoms with Crippen molar-refractivity contribution in [1.29, 1.82) is 0 Å². The molecule has 2 aromatic rings. The smallest absolute Gasteiger partial charge is 0.408 e. The number of rotatable bonds is 6. The molecule has 1 aliphatic heterocycles. The number of piperidine rings is 1. The van der Waals surface area contributed by atoms with Gasteiger partial charge in [-0.1, -0.05) is 13.8 Å². The lowest BCUT2D eigenvalue weighted by atomic mass is 10.0. The lowest BCUT2D eigenvalue weighted by Crippen LogP contribution is -2.54. The normalized spacial score (nSPS) is 15.8. The van der Waals surface area contributed by atoms with Crippen LogP contribution in [0.4, 0.5) is 9.18 Å². The van der Waals surface area contributed by atoms with E-state index in [0.29, 0.717) is 37.2 Å². The first-order valence-electron chi connectivity index (χ1n) is 11.7. The summed E-state index contributed by atoms with van der Waals surface area (Å²) in [7, 11) is 1.80. The Kier molecular flexibility index (Phi) is 7.84. The number of aromatic nitrogens is 2. The number of ether oxygens (including phenoxy) is 2. The van der Waals surface area contributed by atoms with Crippen LogP contribution in [-0.4, -0.2) is 57.5 Å². The van der Waals surface area contributed by atoms with Crippen LogP contribution < -0.4 is 10.1 Å². The maximum atomic E-state index is 13.9. The monoisotopic (exact) mass is 474 g/mol. The standard InChI is InChI=1S/C25H35FN4O4/c1-16(2)22(28-24(32)34-25(3,4)5)23(31)30-11-9-19(10-12-30)33-21-8-7-18(26)13-20(21)17-14-27-29(6)15-17/h7-8,13-16,19,22H,9-12H2,1-6H3,(H,28,32)/t22-/m0/s1. The molecule has 1 aromatic carbocycles. The third-order valence-corrected chi connectivity index (χ3v) is 5.61. The first-order chi connectivity index (χ1) is 15.9. The van der Waals surface area contributed by atoms with Gasteiger partial charge < -0.3 is 19.7 Å². The zero-order valence-corrected chi connectivity index (χ0v) is 20.8. The summed E-state index contributed by atoms with van der Waals surface area (Å²) >= 11 is 0. The van der Waals surface area contributed by atoms with Crippen molar-refractivity contribution in [2.24, 2.45) is 13.0 Å². The quantitative estimate of drug-likeness (QED) is 0.680. The average Bonchev–Trinajstić information content (AvgIpc) is 3.18. The number of aryl methyl sites for hydroxylation is 1. The van der Waals surface area contributed by atoms with Gasteiger partial charge in [-0.2, -0.15) is 5.10 Å². The Balaban J connectivity index is 1.62. The fourth-order valence-corrected chi connectivity index (χ4v) is 3.91. The van der Waals surface area contributed by atoms with Crippen LogP contribution in [0.25, 0.3) is 11.1 Å². The number of hydrogen-bond donors (Lipinski definition) is 1. The molecule has 1 aliphatic rings. The maximum Gasteiger partial charge on any atom is 0.408 e. The number of benzene rings is 1. The summed E-state index contributed by atoms with van der Waals surface area (Å²) in [6, 6.07) is 3.79. The molecular weight excluding hydrogens is 439 g/mol. The third-order valence-electron chi connectivity index (χ3n) is 5.61. The number of carbonyl (C=O) groups is 2. The third kappa shape index (κ3) is 6.71.